The zero-order valence-electron chi connectivity index (χ0n) is 10.9. The fourth-order valence-electron chi connectivity index (χ4n) is 1.59. The van der Waals surface area contributed by atoms with Crippen molar-refractivity contribution >= 4 is 5.78 Å². The van der Waals surface area contributed by atoms with E-state index >= 15 is 0 Å². The summed E-state index contributed by atoms with van der Waals surface area (Å²) in [6.07, 6.45) is 8.17. The van der Waals surface area contributed by atoms with Crippen LogP contribution in [-0.4, -0.2) is 32.6 Å². The fraction of sp³-hybridized carbons (Fsp3) is 0.923. The predicted molar refractivity (Wildman–Crippen MR) is 67.7 cm³/mol. The summed E-state index contributed by atoms with van der Waals surface area (Å²) in [4.78, 5) is 11.4. The molecule has 0 saturated carbocycles. The maximum Gasteiger partial charge on any atom is 0.146 e. The standard InChI is InChI=1S/C13H27NO2/c1-3-4-5-6-7-8-9-13(15)12-14-10-11-16-2/h14H,3-12H2,1-2H3. The first kappa shape index (κ1) is 15.6. The number of rotatable bonds is 12. The van der Waals surface area contributed by atoms with Gasteiger partial charge in [0, 0.05) is 20.1 Å². The molecule has 0 aliphatic carbocycles. The molecule has 0 radical (unpaired) electrons. The molecule has 3 nitrogen and oxygen atoms in total. The van der Waals surface area contributed by atoms with Crippen LogP contribution >= 0.6 is 0 Å². The van der Waals surface area contributed by atoms with Crippen LogP contribution in [0.5, 0.6) is 0 Å². The van der Waals surface area contributed by atoms with E-state index < -0.39 is 0 Å². The zero-order valence-corrected chi connectivity index (χ0v) is 10.9. The first-order chi connectivity index (χ1) is 7.81. The van der Waals surface area contributed by atoms with Crippen molar-refractivity contribution in [3.8, 4) is 0 Å². The maximum absolute atomic E-state index is 11.4. The molecule has 1 N–H and O–H groups in total. The summed E-state index contributed by atoms with van der Waals surface area (Å²) in [6, 6.07) is 0. The number of hydrogen-bond donors (Lipinski definition) is 1. The third kappa shape index (κ3) is 11.7. The molecule has 0 amide bonds. The van der Waals surface area contributed by atoms with E-state index in [4.69, 9.17) is 4.74 Å². The van der Waals surface area contributed by atoms with Crippen molar-refractivity contribution < 1.29 is 9.53 Å². The Morgan fingerprint density at radius 2 is 1.81 bits per heavy atom. The van der Waals surface area contributed by atoms with Gasteiger partial charge in [0.1, 0.15) is 5.78 Å². The molecule has 0 heterocycles. The molecule has 0 bridgehead atoms. The maximum atomic E-state index is 11.4. The van der Waals surface area contributed by atoms with Crippen molar-refractivity contribution in [1.82, 2.24) is 5.32 Å². The van der Waals surface area contributed by atoms with E-state index in [1.807, 2.05) is 0 Å². The van der Waals surface area contributed by atoms with Gasteiger partial charge in [-0.2, -0.15) is 0 Å². The lowest BCUT2D eigenvalue weighted by atomic mass is 10.1. The summed E-state index contributed by atoms with van der Waals surface area (Å²) in [5, 5.41) is 3.07. The summed E-state index contributed by atoms with van der Waals surface area (Å²) >= 11 is 0. The molecular weight excluding hydrogens is 202 g/mol. The molecule has 16 heavy (non-hydrogen) atoms. The monoisotopic (exact) mass is 229 g/mol. The van der Waals surface area contributed by atoms with Gasteiger partial charge in [0.2, 0.25) is 0 Å². The minimum absolute atomic E-state index is 0.326. The smallest absolute Gasteiger partial charge is 0.146 e. The topological polar surface area (TPSA) is 38.3 Å². The molecule has 0 aromatic heterocycles. The minimum atomic E-state index is 0.326. The second-order valence-electron chi connectivity index (χ2n) is 4.23. The molecule has 0 aliphatic rings. The first-order valence-corrected chi connectivity index (χ1v) is 6.52. The van der Waals surface area contributed by atoms with Crippen molar-refractivity contribution in [1.29, 1.82) is 0 Å². The number of carbonyl (C=O) groups is 1. The van der Waals surface area contributed by atoms with Crippen LogP contribution in [0.15, 0.2) is 0 Å². The van der Waals surface area contributed by atoms with E-state index in [1.165, 1.54) is 32.1 Å². The number of carbonyl (C=O) groups excluding carboxylic acids is 1. The van der Waals surface area contributed by atoms with E-state index in [1.54, 1.807) is 7.11 Å². The SMILES string of the molecule is CCCCCCCCC(=O)CNCCOC. The van der Waals surface area contributed by atoms with Crippen molar-refractivity contribution in [2.75, 3.05) is 26.8 Å². The highest BCUT2D eigenvalue weighted by Crippen LogP contribution is 2.06. The highest BCUT2D eigenvalue weighted by molar-refractivity contribution is 5.80. The largest absolute Gasteiger partial charge is 0.383 e. The normalized spacial score (nSPS) is 10.6. The highest BCUT2D eigenvalue weighted by atomic mass is 16.5. The van der Waals surface area contributed by atoms with Crippen LogP contribution in [0, 0.1) is 0 Å². The van der Waals surface area contributed by atoms with E-state index in [0.29, 0.717) is 18.9 Å². The molecule has 96 valence electrons. The third-order valence-corrected chi connectivity index (χ3v) is 2.61. The minimum Gasteiger partial charge on any atom is -0.383 e. The number of nitrogens with one attached hydrogen (secondary N) is 1. The van der Waals surface area contributed by atoms with Gasteiger partial charge in [0.05, 0.1) is 13.2 Å². The van der Waals surface area contributed by atoms with Gasteiger partial charge in [-0.25, -0.2) is 0 Å². The molecule has 0 spiro atoms. The van der Waals surface area contributed by atoms with Gasteiger partial charge in [-0.15, -0.1) is 0 Å². The molecule has 0 aromatic rings. The van der Waals surface area contributed by atoms with Crippen molar-refractivity contribution in [3.63, 3.8) is 0 Å². The Morgan fingerprint density at radius 1 is 1.12 bits per heavy atom. The number of ether oxygens (including phenoxy) is 1. The van der Waals surface area contributed by atoms with E-state index in [-0.39, 0.29) is 0 Å². The lowest BCUT2D eigenvalue weighted by Gasteiger charge is -2.03. The van der Waals surface area contributed by atoms with Crippen molar-refractivity contribution in [2.45, 2.75) is 51.9 Å². The van der Waals surface area contributed by atoms with Crippen LogP contribution < -0.4 is 5.32 Å². The number of methoxy groups -OCH3 is 1. The van der Waals surface area contributed by atoms with Crippen LogP contribution in [0.3, 0.4) is 0 Å². The first-order valence-electron chi connectivity index (χ1n) is 6.52. The van der Waals surface area contributed by atoms with Crippen molar-refractivity contribution in [2.24, 2.45) is 0 Å². The van der Waals surface area contributed by atoms with E-state index in [0.717, 1.165) is 19.4 Å². The molecule has 0 unspecified atom stereocenters. The molecule has 3 heteroatoms. The quantitative estimate of drug-likeness (QED) is 0.523. The van der Waals surface area contributed by atoms with Crippen LogP contribution in [-0.2, 0) is 9.53 Å². The molecule has 0 aromatic carbocycles. The average molecular weight is 229 g/mol. The van der Waals surface area contributed by atoms with Gasteiger partial charge in [-0.05, 0) is 6.42 Å². The lowest BCUT2D eigenvalue weighted by molar-refractivity contribution is -0.118. The van der Waals surface area contributed by atoms with Crippen LogP contribution in [0.1, 0.15) is 51.9 Å². The summed E-state index contributed by atoms with van der Waals surface area (Å²) in [6.45, 7) is 4.15. The van der Waals surface area contributed by atoms with Crippen LogP contribution in [0.4, 0.5) is 0 Å². The second-order valence-corrected chi connectivity index (χ2v) is 4.23. The fourth-order valence-corrected chi connectivity index (χ4v) is 1.59. The van der Waals surface area contributed by atoms with Crippen molar-refractivity contribution in [3.05, 3.63) is 0 Å². The third-order valence-electron chi connectivity index (χ3n) is 2.61. The summed E-state index contributed by atoms with van der Waals surface area (Å²) in [5.74, 6) is 0.326. The Morgan fingerprint density at radius 3 is 2.50 bits per heavy atom. The Bertz CT molecular complexity index is 160. The Hall–Kier alpha value is -0.410. The summed E-state index contributed by atoms with van der Waals surface area (Å²) in [7, 11) is 1.67. The highest BCUT2D eigenvalue weighted by Gasteiger charge is 2.00. The van der Waals surface area contributed by atoms with Gasteiger partial charge in [0.25, 0.3) is 0 Å². The van der Waals surface area contributed by atoms with Crippen LogP contribution in [0.2, 0.25) is 0 Å². The van der Waals surface area contributed by atoms with E-state index in [2.05, 4.69) is 12.2 Å². The molecule has 0 saturated heterocycles. The molecule has 0 atom stereocenters. The summed E-state index contributed by atoms with van der Waals surface area (Å²) in [5.41, 5.74) is 0. The van der Waals surface area contributed by atoms with Gasteiger partial charge in [0.15, 0.2) is 0 Å². The number of hydrogen-bond acceptors (Lipinski definition) is 3. The Balaban J connectivity index is 3.11. The number of unbranched alkanes of at least 4 members (excludes halogenated alkanes) is 5. The Labute approximate surface area is 99.9 Å². The average Bonchev–Trinajstić information content (AvgIpc) is 2.29. The van der Waals surface area contributed by atoms with Gasteiger partial charge in [-0.1, -0.05) is 39.0 Å². The molecular formula is C13H27NO2. The van der Waals surface area contributed by atoms with Crippen LogP contribution in [0.25, 0.3) is 0 Å². The predicted octanol–water partition coefficient (Wildman–Crippen LogP) is 2.54. The number of ketones is 1. The van der Waals surface area contributed by atoms with Gasteiger partial charge >= 0.3 is 0 Å². The zero-order chi connectivity index (χ0) is 12.1. The Kier molecular flexibility index (Phi) is 12.3. The molecule has 0 aliphatic heterocycles. The van der Waals surface area contributed by atoms with Gasteiger partial charge < -0.3 is 10.1 Å². The second kappa shape index (κ2) is 12.7. The molecule has 0 fully saturated rings. The van der Waals surface area contributed by atoms with E-state index in [9.17, 15) is 4.79 Å². The lowest BCUT2D eigenvalue weighted by Crippen LogP contribution is -2.26. The molecule has 0 rings (SSSR count). The summed E-state index contributed by atoms with van der Waals surface area (Å²) < 4.78 is 4.89. The number of Topliss-reactive ketones (excluding diaryl/α,β-unsaturated/α-hetero) is 1. The van der Waals surface area contributed by atoms with Gasteiger partial charge in [-0.3, -0.25) is 4.79 Å².